The molecule has 0 aliphatic carbocycles. The molecule has 1 fully saturated rings. The van der Waals surface area contributed by atoms with E-state index in [-0.39, 0.29) is 17.2 Å². The molecule has 1 aliphatic rings. The van der Waals surface area contributed by atoms with Crippen LogP contribution in [0.3, 0.4) is 0 Å². The van der Waals surface area contributed by atoms with Gasteiger partial charge in [0.05, 0.1) is 0 Å². The van der Waals surface area contributed by atoms with Crippen LogP contribution in [0.5, 0.6) is 0 Å². The summed E-state index contributed by atoms with van der Waals surface area (Å²) >= 11 is 0. The Kier molecular flexibility index (Phi) is 5.30. The Morgan fingerprint density at radius 1 is 1.07 bits per heavy atom. The second kappa shape index (κ2) is 7.91. The van der Waals surface area contributed by atoms with Crippen molar-refractivity contribution in [3.8, 4) is 0 Å². The maximum atomic E-state index is 12.7. The summed E-state index contributed by atoms with van der Waals surface area (Å²) in [6.45, 7) is 6.70. The van der Waals surface area contributed by atoms with Crippen molar-refractivity contribution >= 4 is 34.3 Å². The zero-order valence-corrected chi connectivity index (χ0v) is 17.3. The molecule has 1 aromatic heterocycles. The number of oxazole rings is 1. The van der Waals surface area contributed by atoms with Crippen LogP contribution >= 0.6 is 0 Å². The number of carbonyl (C=O) groups is 2. The van der Waals surface area contributed by atoms with Gasteiger partial charge in [-0.3, -0.25) is 9.59 Å². The van der Waals surface area contributed by atoms with Crippen molar-refractivity contribution in [2.24, 2.45) is 0 Å². The Morgan fingerprint density at radius 2 is 1.87 bits per heavy atom. The summed E-state index contributed by atoms with van der Waals surface area (Å²) in [6.07, 6.45) is 1.18. The first kappa shape index (κ1) is 20.1. The van der Waals surface area contributed by atoms with E-state index in [1.807, 2.05) is 20.8 Å². The largest absolute Gasteiger partial charge is 0.440 e. The van der Waals surface area contributed by atoms with Crippen LogP contribution in [0.4, 0.5) is 11.4 Å². The maximum absolute atomic E-state index is 12.7. The van der Waals surface area contributed by atoms with E-state index >= 15 is 0 Å². The fourth-order valence-electron chi connectivity index (χ4n) is 3.27. The summed E-state index contributed by atoms with van der Waals surface area (Å²) in [6, 6.07) is 12.2. The van der Waals surface area contributed by atoms with Crippen molar-refractivity contribution in [3.63, 3.8) is 0 Å². The number of nitrogens with zero attached hydrogens (tertiary/aromatic N) is 1. The molecule has 7 heteroatoms. The highest BCUT2D eigenvalue weighted by Crippen LogP contribution is 2.27. The van der Waals surface area contributed by atoms with Crippen molar-refractivity contribution < 1.29 is 18.7 Å². The molecule has 1 atom stereocenters. The lowest BCUT2D eigenvalue weighted by Crippen LogP contribution is -2.27. The molecule has 0 spiro atoms. The number of fused-ring (bicyclic) bond motifs is 1. The number of nitrogens with one attached hydrogen (secondary N) is 2. The van der Waals surface area contributed by atoms with E-state index in [1.165, 1.54) is 0 Å². The van der Waals surface area contributed by atoms with Crippen LogP contribution in [-0.4, -0.2) is 29.5 Å². The number of rotatable bonds is 4. The van der Waals surface area contributed by atoms with Crippen molar-refractivity contribution in [1.29, 1.82) is 0 Å². The number of hydrogen-bond acceptors (Lipinski definition) is 5. The lowest BCUT2D eigenvalue weighted by Gasteiger charge is -2.11. The zero-order chi connectivity index (χ0) is 21.3. The van der Waals surface area contributed by atoms with Gasteiger partial charge in [-0.05, 0) is 49.2 Å². The lowest BCUT2D eigenvalue weighted by molar-refractivity contribution is -0.124. The van der Waals surface area contributed by atoms with E-state index in [2.05, 4.69) is 15.6 Å². The van der Waals surface area contributed by atoms with Crippen LogP contribution in [0.1, 0.15) is 49.9 Å². The standard InChI is InChI=1S/C23H25N3O4/c1-23(2,3)22-26-17-13-16(9-10-18(17)30-22)24-20(27)14-6-4-7-15(12-14)25-21(28)19-8-5-11-29-19/h4,6-7,9-10,12-13,19H,5,8,11H2,1-3H3,(H,24,27)(H,25,28)/t19-/m0/s1. The van der Waals surface area contributed by atoms with Gasteiger partial charge in [0.1, 0.15) is 11.6 Å². The quantitative estimate of drug-likeness (QED) is 0.664. The van der Waals surface area contributed by atoms with Gasteiger partial charge in [0, 0.05) is 29.0 Å². The predicted molar refractivity (Wildman–Crippen MR) is 115 cm³/mol. The van der Waals surface area contributed by atoms with Crippen LogP contribution < -0.4 is 10.6 Å². The van der Waals surface area contributed by atoms with Crippen molar-refractivity contribution in [1.82, 2.24) is 4.98 Å². The highest BCUT2D eigenvalue weighted by atomic mass is 16.5. The topological polar surface area (TPSA) is 93.5 Å². The van der Waals surface area contributed by atoms with Gasteiger partial charge in [-0.25, -0.2) is 4.98 Å². The molecule has 0 radical (unpaired) electrons. The molecule has 2 amide bonds. The monoisotopic (exact) mass is 407 g/mol. The van der Waals surface area contributed by atoms with Crippen LogP contribution in [-0.2, 0) is 14.9 Å². The van der Waals surface area contributed by atoms with Gasteiger partial charge in [-0.2, -0.15) is 0 Å². The molecule has 4 rings (SSSR count). The number of carbonyl (C=O) groups excluding carboxylic acids is 2. The summed E-state index contributed by atoms with van der Waals surface area (Å²) in [5.41, 5.74) is 2.79. The van der Waals surface area contributed by atoms with Gasteiger partial charge >= 0.3 is 0 Å². The molecule has 2 N–H and O–H groups in total. The van der Waals surface area contributed by atoms with Gasteiger partial charge in [0.25, 0.3) is 11.8 Å². The van der Waals surface area contributed by atoms with Crippen molar-refractivity contribution in [3.05, 3.63) is 53.9 Å². The van der Waals surface area contributed by atoms with E-state index in [0.29, 0.717) is 47.0 Å². The molecular weight excluding hydrogens is 382 g/mol. The predicted octanol–water partition coefficient (Wildman–Crippen LogP) is 4.50. The fraction of sp³-hybridized carbons (Fsp3) is 0.348. The number of aromatic nitrogens is 1. The summed E-state index contributed by atoms with van der Waals surface area (Å²) in [5.74, 6) is 0.189. The molecule has 1 aliphatic heterocycles. The Bertz CT molecular complexity index is 1090. The molecule has 3 aromatic rings. The highest BCUT2D eigenvalue weighted by Gasteiger charge is 2.24. The third kappa shape index (κ3) is 4.36. The minimum atomic E-state index is -0.422. The Labute approximate surface area is 174 Å². The molecule has 0 bridgehead atoms. The van der Waals surface area contributed by atoms with E-state index < -0.39 is 6.10 Å². The molecule has 0 unspecified atom stereocenters. The highest BCUT2D eigenvalue weighted by molar-refractivity contribution is 6.06. The van der Waals surface area contributed by atoms with Crippen molar-refractivity contribution in [2.75, 3.05) is 17.2 Å². The Hall–Kier alpha value is -3.19. The Morgan fingerprint density at radius 3 is 2.60 bits per heavy atom. The molecular formula is C23H25N3O4. The number of hydrogen-bond donors (Lipinski definition) is 2. The molecule has 30 heavy (non-hydrogen) atoms. The first-order valence-corrected chi connectivity index (χ1v) is 10.0. The molecule has 2 aromatic carbocycles. The number of anilines is 2. The maximum Gasteiger partial charge on any atom is 0.255 e. The Balaban J connectivity index is 1.47. The number of amides is 2. The smallest absolute Gasteiger partial charge is 0.255 e. The molecule has 1 saturated heterocycles. The molecule has 2 heterocycles. The third-order valence-corrected chi connectivity index (χ3v) is 4.90. The lowest BCUT2D eigenvalue weighted by atomic mass is 9.97. The van der Waals surface area contributed by atoms with Gasteiger partial charge < -0.3 is 19.8 Å². The number of benzene rings is 2. The van der Waals surface area contributed by atoms with E-state index in [1.54, 1.807) is 42.5 Å². The average Bonchev–Trinajstić information content (AvgIpc) is 3.37. The second-order valence-corrected chi connectivity index (χ2v) is 8.48. The zero-order valence-electron chi connectivity index (χ0n) is 17.3. The van der Waals surface area contributed by atoms with Gasteiger partial charge in [0.15, 0.2) is 5.58 Å². The minimum Gasteiger partial charge on any atom is -0.440 e. The summed E-state index contributed by atoms with van der Waals surface area (Å²) in [4.78, 5) is 29.5. The minimum absolute atomic E-state index is 0.184. The first-order valence-electron chi connectivity index (χ1n) is 10.0. The normalized spacial score (nSPS) is 16.6. The summed E-state index contributed by atoms with van der Waals surface area (Å²) in [5, 5.41) is 5.69. The van der Waals surface area contributed by atoms with E-state index in [0.717, 1.165) is 6.42 Å². The van der Waals surface area contributed by atoms with Crippen LogP contribution in [0.15, 0.2) is 46.9 Å². The van der Waals surface area contributed by atoms with E-state index in [9.17, 15) is 9.59 Å². The van der Waals surface area contributed by atoms with Crippen LogP contribution in [0, 0.1) is 0 Å². The van der Waals surface area contributed by atoms with Gasteiger partial charge in [-0.1, -0.05) is 26.8 Å². The second-order valence-electron chi connectivity index (χ2n) is 8.48. The van der Waals surface area contributed by atoms with Crippen LogP contribution in [0.2, 0.25) is 0 Å². The molecule has 0 saturated carbocycles. The average molecular weight is 407 g/mol. The fourth-order valence-corrected chi connectivity index (χ4v) is 3.27. The van der Waals surface area contributed by atoms with Gasteiger partial charge in [-0.15, -0.1) is 0 Å². The summed E-state index contributed by atoms with van der Waals surface area (Å²) in [7, 11) is 0. The van der Waals surface area contributed by atoms with E-state index in [4.69, 9.17) is 9.15 Å². The van der Waals surface area contributed by atoms with Gasteiger partial charge in [0.2, 0.25) is 5.89 Å². The third-order valence-electron chi connectivity index (χ3n) is 4.90. The molecule has 7 nitrogen and oxygen atoms in total. The first-order chi connectivity index (χ1) is 14.3. The number of ether oxygens (including phenoxy) is 1. The SMILES string of the molecule is CC(C)(C)c1nc2cc(NC(=O)c3cccc(NC(=O)[C@@H]4CCCO4)c3)ccc2o1. The van der Waals surface area contributed by atoms with Crippen molar-refractivity contribution in [2.45, 2.75) is 45.1 Å². The molecule has 156 valence electrons. The van der Waals surface area contributed by atoms with Crippen LogP contribution in [0.25, 0.3) is 11.1 Å². The summed E-state index contributed by atoms with van der Waals surface area (Å²) < 4.78 is 11.2.